The number of rotatable bonds is 1. The topological polar surface area (TPSA) is 48.4 Å². The number of carbonyl (C=O) groups excluding carboxylic acids is 1. The van der Waals surface area contributed by atoms with Gasteiger partial charge in [0.05, 0.1) is 7.11 Å². The first-order chi connectivity index (χ1) is 5.83. The molecule has 0 aromatic carbocycles. The molecule has 1 aromatic rings. The highest BCUT2D eigenvalue weighted by Gasteiger charge is 2.25. The van der Waals surface area contributed by atoms with E-state index in [1.807, 2.05) is 0 Å². The number of aromatic nitrogens is 1. The second kappa shape index (κ2) is 2.48. The average molecular weight is 165 g/mol. The van der Waals surface area contributed by atoms with E-state index < -0.39 is 0 Å². The zero-order valence-electron chi connectivity index (χ0n) is 6.53. The van der Waals surface area contributed by atoms with E-state index in [9.17, 15) is 4.79 Å². The second-order valence-corrected chi connectivity index (χ2v) is 2.41. The molecule has 0 amide bonds. The van der Waals surface area contributed by atoms with Gasteiger partial charge in [0.2, 0.25) is 11.7 Å². The van der Waals surface area contributed by atoms with Crippen LogP contribution in [0.5, 0.6) is 11.6 Å². The summed E-state index contributed by atoms with van der Waals surface area (Å²) in [4.78, 5) is 15.1. The Balaban J connectivity index is 2.60. The van der Waals surface area contributed by atoms with Gasteiger partial charge < -0.3 is 9.47 Å². The summed E-state index contributed by atoms with van der Waals surface area (Å²) in [6, 6.07) is 1.66. The summed E-state index contributed by atoms with van der Waals surface area (Å²) in [5, 5.41) is 0. The first kappa shape index (κ1) is 7.09. The maximum atomic E-state index is 11.2. The van der Waals surface area contributed by atoms with E-state index in [4.69, 9.17) is 9.47 Å². The van der Waals surface area contributed by atoms with Crippen molar-refractivity contribution in [3.63, 3.8) is 0 Å². The molecular weight excluding hydrogens is 158 g/mol. The van der Waals surface area contributed by atoms with Crippen molar-refractivity contribution in [2.45, 2.75) is 0 Å². The number of pyridine rings is 1. The first-order valence-corrected chi connectivity index (χ1v) is 3.52. The minimum absolute atomic E-state index is 0.0741. The molecule has 62 valence electrons. The number of nitrogens with zero attached hydrogens (tertiary/aromatic N) is 1. The van der Waals surface area contributed by atoms with Gasteiger partial charge in [-0.25, -0.2) is 4.98 Å². The number of carbonyl (C=O) groups is 1. The van der Waals surface area contributed by atoms with E-state index in [1.54, 1.807) is 12.3 Å². The maximum Gasteiger partial charge on any atom is 0.228 e. The van der Waals surface area contributed by atoms with Crippen LogP contribution in [0, 0.1) is 0 Å². The van der Waals surface area contributed by atoms with Crippen LogP contribution in [0.4, 0.5) is 0 Å². The minimum atomic E-state index is -0.0741. The third-order valence-electron chi connectivity index (χ3n) is 1.71. The van der Waals surface area contributed by atoms with Crippen LogP contribution in [-0.4, -0.2) is 24.5 Å². The molecule has 1 aromatic heterocycles. The lowest BCUT2D eigenvalue weighted by molar-refractivity contribution is 0.0959. The van der Waals surface area contributed by atoms with Crippen molar-refractivity contribution in [3.8, 4) is 11.6 Å². The third-order valence-corrected chi connectivity index (χ3v) is 1.71. The zero-order chi connectivity index (χ0) is 8.55. The summed E-state index contributed by atoms with van der Waals surface area (Å²) < 4.78 is 10.00. The van der Waals surface area contributed by atoms with Gasteiger partial charge in [-0.3, -0.25) is 4.79 Å². The fraction of sp³-hybridized carbons (Fsp3) is 0.250. The van der Waals surface area contributed by atoms with Crippen molar-refractivity contribution < 1.29 is 14.3 Å². The van der Waals surface area contributed by atoms with Crippen LogP contribution < -0.4 is 9.47 Å². The Morgan fingerprint density at radius 3 is 3.25 bits per heavy atom. The molecular formula is C8H7NO3. The van der Waals surface area contributed by atoms with Gasteiger partial charge >= 0.3 is 0 Å². The number of Topliss-reactive ketones (excluding diaryl/α,β-unsaturated/α-hetero) is 1. The van der Waals surface area contributed by atoms with Crippen LogP contribution in [0.2, 0.25) is 0 Å². The largest absolute Gasteiger partial charge is 0.484 e. The molecule has 0 saturated heterocycles. The molecule has 0 N–H and O–H groups in total. The van der Waals surface area contributed by atoms with Crippen LogP contribution in [0.3, 0.4) is 0 Å². The number of methoxy groups -OCH3 is 1. The molecule has 0 spiro atoms. The highest BCUT2D eigenvalue weighted by atomic mass is 16.5. The van der Waals surface area contributed by atoms with Crippen LogP contribution in [-0.2, 0) is 0 Å². The quantitative estimate of drug-likeness (QED) is 0.613. The Labute approximate surface area is 69.1 Å². The predicted molar refractivity (Wildman–Crippen MR) is 40.6 cm³/mol. The Bertz CT molecular complexity index is 335. The van der Waals surface area contributed by atoms with E-state index in [-0.39, 0.29) is 12.4 Å². The molecule has 0 bridgehead atoms. The fourth-order valence-electron chi connectivity index (χ4n) is 1.17. The van der Waals surface area contributed by atoms with Crippen LogP contribution in [0.15, 0.2) is 12.3 Å². The number of fused-ring (bicyclic) bond motifs is 1. The lowest BCUT2D eigenvalue weighted by Crippen LogP contribution is -2.01. The lowest BCUT2D eigenvalue weighted by atomic mass is 10.2. The Morgan fingerprint density at radius 1 is 1.67 bits per heavy atom. The maximum absolute atomic E-state index is 11.2. The highest BCUT2D eigenvalue weighted by molar-refractivity contribution is 6.04. The van der Waals surface area contributed by atoms with E-state index in [0.717, 1.165) is 0 Å². The zero-order valence-corrected chi connectivity index (χ0v) is 6.53. The molecule has 1 aliphatic heterocycles. The molecule has 12 heavy (non-hydrogen) atoms. The Kier molecular flexibility index (Phi) is 1.46. The van der Waals surface area contributed by atoms with Crippen LogP contribution in [0.25, 0.3) is 0 Å². The van der Waals surface area contributed by atoms with Crippen LogP contribution in [0.1, 0.15) is 10.4 Å². The smallest absolute Gasteiger partial charge is 0.228 e. The molecule has 0 saturated carbocycles. The number of ketones is 1. The van der Waals surface area contributed by atoms with Gasteiger partial charge in [-0.05, 0) is 6.07 Å². The molecule has 0 radical (unpaired) electrons. The van der Waals surface area contributed by atoms with Crippen molar-refractivity contribution in [1.82, 2.24) is 4.98 Å². The molecule has 0 aliphatic carbocycles. The molecule has 2 rings (SSSR count). The molecule has 0 unspecified atom stereocenters. The lowest BCUT2D eigenvalue weighted by Gasteiger charge is -2.01. The monoisotopic (exact) mass is 165 g/mol. The summed E-state index contributed by atoms with van der Waals surface area (Å²) in [5.41, 5.74) is 0.458. The van der Waals surface area contributed by atoms with Gasteiger partial charge in [-0.1, -0.05) is 0 Å². The average Bonchev–Trinajstić information content (AvgIpc) is 2.48. The van der Waals surface area contributed by atoms with E-state index in [2.05, 4.69) is 4.98 Å². The van der Waals surface area contributed by atoms with E-state index in [1.165, 1.54) is 7.11 Å². The summed E-state index contributed by atoms with van der Waals surface area (Å²) in [5.74, 6) is 0.830. The summed E-state index contributed by atoms with van der Waals surface area (Å²) in [6.07, 6.45) is 1.55. The van der Waals surface area contributed by atoms with E-state index >= 15 is 0 Å². The summed E-state index contributed by atoms with van der Waals surface area (Å²) in [6.45, 7) is 0.0946. The van der Waals surface area contributed by atoms with Gasteiger partial charge in [0.25, 0.3) is 0 Å². The Hall–Kier alpha value is -1.58. The third kappa shape index (κ3) is 0.845. The fourth-order valence-corrected chi connectivity index (χ4v) is 1.17. The van der Waals surface area contributed by atoms with Crippen LogP contribution >= 0.6 is 0 Å². The van der Waals surface area contributed by atoms with Gasteiger partial charge in [0.1, 0.15) is 11.3 Å². The van der Waals surface area contributed by atoms with Crippen molar-refractivity contribution in [2.24, 2.45) is 0 Å². The molecule has 0 fully saturated rings. The van der Waals surface area contributed by atoms with Gasteiger partial charge in [0.15, 0.2) is 6.61 Å². The van der Waals surface area contributed by atoms with Gasteiger partial charge in [-0.15, -0.1) is 0 Å². The van der Waals surface area contributed by atoms with Crippen molar-refractivity contribution in [2.75, 3.05) is 13.7 Å². The van der Waals surface area contributed by atoms with Crippen molar-refractivity contribution in [1.29, 1.82) is 0 Å². The highest BCUT2D eigenvalue weighted by Crippen LogP contribution is 2.30. The number of hydrogen-bond donors (Lipinski definition) is 0. The Morgan fingerprint density at radius 2 is 2.50 bits per heavy atom. The van der Waals surface area contributed by atoms with E-state index in [0.29, 0.717) is 17.2 Å². The molecule has 4 nitrogen and oxygen atoms in total. The SMILES string of the molecule is COc1nccc2c1C(=O)CO2. The van der Waals surface area contributed by atoms with Crippen molar-refractivity contribution >= 4 is 5.78 Å². The minimum Gasteiger partial charge on any atom is -0.484 e. The normalized spacial score (nSPS) is 13.9. The number of ether oxygens (including phenoxy) is 2. The first-order valence-electron chi connectivity index (χ1n) is 3.52. The molecule has 0 atom stereocenters. The predicted octanol–water partition coefficient (Wildman–Crippen LogP) is 0.665. The summed E-state index contributed by atoms with van der Waals surface area (Å²) in [7, 11) is 1.48. The van der Waals surface area contributed by atoms with Crippen molar-refractivity contribution in [3.05, 3.63) is 17.8 Å². The van der Waals surface area contributed by atoms with Gasteiger partial charge in [-0.2, -0.15) is 0 Å². The number of hydrogen-bond acceptors (Lipinski definition) is 4. The molecule has 4 heteroatoms. The molecule has 2 heterocycles. The molecule has 1 aliphatic rings. The second-order valence-electron chi connectivity index (χ2n) is 2.41. The summed E-state index contributed by atoms with van der Waals surface area (Å²) >= 11 is 0. The van der Waals surface area contributed by atoms with Gasteiger partial charge in [0, 0.05) is 6.20 Å². The standard InChI is InChI=1S/C8H7NO3/c1-11-8-7-5(10)4-12-6(7)2-3-9-8/h2-3H,4H2,1H3.